The fraction of sp³-hybridized carbons (Fsp3) is 0.750. The quantitative estimate of drug-likeness (QED) is 0.362. The van der Waals surface area contributed by atoms with Gasteiger partial charge in [0.15, 0.2) is 6.67 Å². The molecule has 0 saturated carbocycles. The zero-order chi connectivity index (χ0) is 24.1. The van der Waals surface area contributed by atoms with Crippen molar-refractivity contribution in [3.63, 3.8) is 0 Å². The number of rotatable bonds is 9. The second-order valence-corrected chi connectivity index (χ2v) is 5.47. The van der Waals surface area contributed by atoms with Gasteiger partial charge in [-0.2, -0.15) is 61.5 Å². The Morgan fingerprint density at radius 1 is 0.690 bits per heavy atom. The average Bonchev–Trinajstić information content (AvgIpc) is 2.52. The van der Waals surface area contributed by atoms with Crippen molar-refractivity contribution in [2.75, 3.05) is 6.67 Å². The second-order valence-electron chi connectivity index (χ2n) is 5.47. The molecule has 29 heavy (non-hydrogen) atoms. The minimum absolute atomic E-state index is 0.0488. The van der Waals surface area contributed by atoms with Crippen molar-refractivity contribution in [1.29, 1.82) is 0 Å². The van der Waals surface area contributed by atoms with Crippen LogP contribution < -0.4 is 0 Å². The molecule has 0 fully saturated rings. The molecule has 0 unspecified atom stereocenters. The lowest BCUT2D eigenvalue weighted by atomic mass is 9.89. The van der Waals surface area contributed by atoms with Gasteiger partial charge in [0.25, 0.3) is 0 Å². The molecule has 172 valence electrons. The van der Waals surface area contributed by atoms with E-state index in [1.807, 2.05) is 0 Å². The number of carboxylic acid groups (broad SMARTS) is 1. The first-order valence-electron chi connectivity index (χ1n) is 6.52. The van der Waals surface area contributed by atoms with E-state index >= 15 is 0 Å². The summed E-state index contributed by atoms with van der Waals surface area (Å²) in [6.45, 7) is -3.79. The Hall–Kier alpha value is -1.84. The van der Waals surface area contributed by atoms with Gasteiger partial charge in [-0.25, -0.2) is 9.18 Å². The van der Waals surface area contributed by atoms with Crippen LogP contribution in [0.5, 0.6) is 0 Å². The first-order chi connectivity index (χ1) is 12.4. The lowest BCUT2D eigenvalue weighted by Crippen LogP contribution is -2.73. The van der Waals surface area contributed by atoms with Crippen molar-refractivity contribution >= 4 is 5.97 Å². The number of carbonyl (C=O) groups is 1. The van der Waals surface area contributed by atoms with E-state index in [-0.39, 0.29) is 6.92 Å². The first-order valence-corrected chi connectivity index (χ1v) is 6.52. The Kier molecular flexibility index (Phi) is 6.69. The molecule has 0 aromatic rings. The maximum Gasteiger partial charge on any atom is 0.385 e. The van der Waals surface area contributed by atoms with Gasteiger partial charge in [-0.15, -0.1) is 0 Å². The van der Waals surface area contributed by atoms with Gasteiger partial charge in [-0.1, -0.05) is 0 Å². The van der Waals surface area contributed by atoms with Crippen molar-refractivity contribution in [1.82, 2.24) is 0 Å². The SMILES string of the molecule is C/C(=C\C(F)(F)C(F)(F)C(F)(F)C(F)(F)C(F)(F)C(F)(F)C(F)(F)CF)C(=O)O. The lowest BCUT2D eigenvalue weighted by Gasteiger charge is -2.42. The summed E-state index contributed by atoms with van der Waals surface area (Å²) in [5.74, 6) is -56.1. The largest absolute Gasteiger partial charge is 0.478 e. The van der Waals surface area contributed by atoms with Gasteiger partial charge < -0.3 is 5.11 Å². The molecule has 0 spiro atoms. The van der Waals surface area contributed by atoms with Crippen LogP contribution in [0.2, 0.25) is 0 Å². The molecule has 1 N–H and O–H groups in total. The molecule has 0 radical (unpaired) electrons. The lowest BCUT2D eigenvalue weighted by molar-refractivity contribution is -0.438. The molecule has 0 aromatic carbocycles. The number of carboxylic acids is 1. The van der Waals surface area contributed by atoms with Crippen molar-refractivity contribution in [2.24, 2.45) is 0 Å². The van der Waals surface area contributed by atoms with Gasteiger partial charge in [0.1, 0.15) is 0 Å². The van der Waals surface area contributed by atoms with E-state index in [1.165, 1.54) is 0 Å². The topological polar surface area (TPSA) is 37.3 Å². The van der Waals surface area contributed by atoms with Crippen LogP contribution in [0.1, 0.15) is 6.92 Å². The highest BCUT2D eigenvalue weighted by molar-refractivity contribution is 5.86. The van der Waals surface area contributed by atoms with Gasteiger partial charge >= 0.3 is 47.4 Å². The van der Waals surface area contributed by atoms with Gasteiger partial charge in [-0.3, -0.25) is 0 Å². The third-order valence-electron chi connectivity index (χ3n) is 3.36. The monoisotopic (exact) mass is 468 g/mol. The molecule has 2 nitrogen and oxygen atoms in total. The molecule has 0 saturated heterocycles. The molecule has 0 rings (SSSR count). The van der Waals surface area contributed by atoms with E-state index in [1.54, 1.807) is 0 Å². The fourth-order valence-corrected chi connectivity index (χ4v) is 1.54. The summed E-state index contributed by atoms with van der Waals surface area (Å²) >= 11 is 0. The Morgan fingerprint density at radius 2 is 1.00 bits per heavy atom. The molecule has 0 amide bonds. The summed E-state index contributed by atoms with van der Waals surface area (Å²) in [4.78, 5) is 10.3. The van der Waals surface area contributed by atoms with Crippen molar-refractivity contribution in [3.8, 4) is 0 Å². The maximum absolute atomic E-state index is 13.3. The van der Waals surface area contributed by atoms with Gasteiger partial charge in [0, 0.05) is 11.6 Å². The number of hydrogen-bond donors (Lipinski definition) is 1. The van der Waals surface area contributed by atoms with Gasteiger partial charge in [-0.05, 0) is 6.92 Å². The predicted molar refractivity (Wildman–Crippen MR) is 62.0 cm³/mol. The Balaban J connectivity index is 6.67. The molecule has 0 bridgehead atoms. The Morgan fingerprint density at radius 3 is 1.31 bits per heavy atom. The van der Waals surface area contributed by atoms with Crippen LogP contribution in [-0.4, -0.2) is 59.2 Å². The summed E-state index contributed by atoms with van der Waals surface area (Å²) in [5, 5.41) is 8.21. The molecular formula is C12H7F15O2. The highest BCUT2D eigenvalue weighted by Crippen LogP contribution is 2.62. The maximum atomic E-state index is 13.3. The van der Waals surface area contributed by atoms with Gasteiger partial charge in [0.05, 0.1) is 0 Å². The van der Waals surface area contributed by atoms with E-state index in [0.717, 1.165) is 0 Å². The molecule has 0 aliphatic rings. The smallest absolute Gasteiger partial charge is 0.385 e. The van der Waals surface area contributed by atoms with E-state index in [2.05, 4.69) is 0 Å². The summed E-state index contributed by atoms with van der Waals surface area (Å²) in [7, 11) is 0. The van der Waals surface area contributed by atoms with Crippen LogP contribution in [-0.2, 0) is 4.79 Å². The number of alkyl halides is 15. The van der Waals surface area contributed by atoms with Crippen LogP contribution in [0.25, 0.3) is 0 Å². The third-order valence-corrected chi connectivity index (χ3v) is 3.36. The number of allylic oxidation sites excluding steroid dienone is 1. The van der Waals surface area contributed by atoms with Crippen LogP contribution in [0.4, 0.5) is 65.9 Å². The summed E-state index contributed by atoms with van der Waals surface area (Å²) in [5.41, 5.74) is -1.89. The van der Waals surface area contributed by atoms with Gasteiger partial charge in [0.2, 0.25) is 0 Å². The molecule has 0 aliphatic carbocycles. The van der Waals surface area contributed by atoms with Crippen LogP contribution in [0.3, 0.4) is 0 Å². The highest BCUT2D eigenvalue weighted by atomic mass is 19.4. The molecule has 0 aliphatic heterocycles. The second kappa shape index (κ2) is 7.14. The van der Waals surface area contributed by atoms with E-state index in [9.17, 15) is 70.7 Å². The minimum atomic E-state index is -8.32. The normalized spacial score (nSPS) is 16.2. The summed E-state index contributed by atoms with van der Waals surface area (Å²) in [6.07, 6.45) is -1.58. The predicted octanol–water partition coefficient (Wildman–Crippen LogP) is 5.43. The zero-order valence-electron chi connectivity index (χ0n) is 13.3. The summed E-state index contributed by atoms with van der Waals surface area (Å²) < 4.78 is 196. The Labute approximate surface area is 150 Å². The Bertz CT molecular complexity index is 664. The third kappa shape index (κ3) is 3.71. The van der Waals surface area contributed by atoms with E-state index in [4.69, 9.17) is 5.11 Å². The first kappa shape index (κ1) is 27.2. The molecule has 0 heterocycles. The molecule has 0 atom stereocenters. The highest BCUT2D eigenvalue weighted by Gasteiger charge is 2.92. The van der Waals surface area contributed by atoms with E-state index < -0.39 is 65.8 Å². The van der Waals surface area contributed by atoms with E-state index in [0.29, 0.717) is 0 Å². The van der Waals surface area contributed by atoms with Crippen LogP contribution in [0.15, 0.2) is 11.6 Å². The molecule has 0 aromatic heterocycles. The fourth-order valence-electron chi connectivity index (χ4n) is 1.54. The number of hydrogen-bond acceptors (Lipinski definition) is 1. The summed E-state index contributed by atoms with van der Waals surface area (Å²) in [6, 6.07) is 0. The molecule has 17 heteroatoms. The standard InChI is InChI=1S/C12H7F15O2/c1-4(5(28)29)2-6(14,15)8(18,19)10(22,23)12(26,27)11(24,25)9(20,21)7(16,17)3-13/h2H,3H2,1H3,(H,28,29)/b4-2+. The average molecular weight is 468 g/mol. The van der Waals surface area contributed by atoms with Crippen LogP contribution in [0, 0.1) is 0 Å². The number of aliphatic carboxylic acids is 1. The van der Waals surface area contributed by atoms with Crippen molar-refractivity contribution in [2.45, 2.75) is 48.4 Å². The van der Waals surface area contributed by atoms with Crippen molar-refractivity contribution in [3.05, 3.63) is 11.6 Å². The minimum Gasteiger partial charge on any atom is -0.478 e. The van der Waals surface area contributed by atoms with Crippen molar-refractivity contribution < 1.29 is 75.8 Å². The molecular weight excluding hydrogens is 461 g/mol. The van der Waals surface area contributed by atoms with Crippen LogP contribution >= 0.6 is 0 Å². The zero-order valence-corrected chi connectivity index (χ0v) is 13.3. The number of halogens is 15.